The number of carbonyl (C=O) groups excluding carboxylic acids is 1. The predicted octanol–water partition coefficient (Wildman–Crippen LogP) is 5.81. The first-order valence-corrected chi connectivity index (χ1v) is 11.9. The average Bonchev–Trinajstić information content (AvgIpc) is 2.91. The molecule has 0 amide bonds. The van der Waals surface area contributed by atoms with Crippen LogP contribution in [0.25, 0.3) is 21.9 Å². The third-order valence-corrected chi connectivity index (χ3v) is 6.55. The first-order valence-electron chi connectivity index (χ1n) is 11.9. The minimum absolute atomic E-state index is 0.0455. The molecule has 0 saturated carbocycles. The van der Waals surface area contributed by atoms with Crippen molar-refractivity contribution in [2.45, 2.75) is 31.7 Å². The van der Waals surface area contributed by atoms with Crippen molar-refractivity contribution in [2.24, 2.45) is 0 Å². The molecular weight excluding hydrogens is 456 g/mol. The van der Waals surface area contributed by atoms with Crippen LogP contribution >= 0.6 is 0 Å². The third kappa shape index (κ3) is 4.87. The van der Waals surface area contributed by atoms with Crippen LogP contribution in [0.15, 0.2) is 78.9 Å². The summed E-state index contributed by atoms with van der Waals surface area (Å²) in [7, 11) is 0. The van der Waals surface area contributed by atoms with E-state index in [2.05, 4.69) is 0 Å². The zero-order valence-corrected chi connectivity index (χ0v) is 19.6. The molecule has 36 heavy (non-hydrogen) atoms. The van der Waals surface area contributed by atoms with E-state index in [9.17, 15) is 19.8 Å². The van der Waals surface area contributed by atoms with Gasteiger partial charge >= 0.3 is 5.97 Å². The Morgan fingerprint density at radius 3 is 2.61 bits per heavy atom. The van der Waals surface area contributed by atoms with Gasteiger partial charge in [-0.2, -0.15) is 0 Å². The fraction of sp³-hybridized carbons (Fsp3) is 0.200. The lowest BCUT2D eigenvalue weighted by molar-refractivity contribution is -0.0448. The van der Waals surface area contributed by atoms with Crippen molar-refractivity contribution in [3.8, 4) is 16.9 Å². The van der Waals surface area contributed by atoms with Crippen LogP contribution in [0.3, 0.4) is 0 Å². The number of carbonyl (C=O) groups is 2. The zero-order chi connectivity index (χ0) is 25.1. The quantitative estimate of drug-likeness (QED) is 0.323. The molecule has 1 fully saturated rings. The van der Waals surface area contributed by atoms with Crippen LogP contribution < -0.4 is 4.74 Å². The lowest BCUT2D eigenvalue weighted by Crippen LogP contribution is -2.23. The van der Waals surface area contributed by atoms with E-state index >= 15 is 0 Å². The van der Waals surface area contributed by atoms with Crippen LogP contribution in [0, 0.1) is 0 Å². The van der Waals surface area contributed by atoms with Crippen molar-refractivity contribution in [2.75, 3.05) is 6.61 Å². The highest BCUT2D eigenvalue weighted by molar-refractivity contribution is 6.12. The van der Waals surface area contributed by atoms with Gasteiger partial charge in [-0.05, 0) is 58.1 Å². The van der Waals surface area contributed by atoms with E-state index in [0.717, 1.165) is 22.1 Å². The molecular formula is C30H26O6. The van der Waals surface area contributed by atoms with Crippen molar-refractivity contribution in [3.05, 3.63) is 101 Å². The summed E-state index contributed by atoms with van der Waals surface area (Å²) < 4.78 is 11.9. The van der Waals surface area contributed by atoms with Gasteiger partial charge in [-0.1, -0.05) is 54.6 Å². The number of aliphatic hydroxyl groups excluding tert-OH is 1. The maximum Gasteiger partial charge on any atom is 0.336 e. The van der Waals surface area contributed by atoms with Crippen LogP contribution in [-0.2, 0) is 11.3 Å². The van der Waals surface area contributed by atoms with Gasteiger partial charge in [0.1, 0.15) is 12.4 Å². The van der Waals surface area contributed by atoms with E-state index in [1.165, 1.54) is 6.07 Å². The SMILES string of the molecule is O=Cc1c(C(=O)O)cc2cc(OCc3cccc(C4CC(O)CCO4)c3)ccc2c1-c1ccccc1. The predicted molar refractivity (Wildman–Crippen MR) is 136 cm³/mol. The Labute approximate surface area is 208 Å². The summed E-state index contributed by atoms with van der Waals surface area (Å²) in [5, 5.41) is 21.2. The molecule has 0 radical (unpaired) electrons. The van der Waals surface area contributed by atoms with Gasteiger partial charge in [-0.25, -0.2) is 4.79 Å². The van der Waals surface area contributed by atoms with Crippen LogP contribution in [0.2, 0.25) is 0 Å². The number of hydrogen-bond acceptors (Lipinski definition) is 5. The highest BCUT2D eigenvalue weighted by atomic mass is 16.5. The average molecular weight is 483 g/mol. The molecule has 1 heterocycles. The summed E-state index contributed by atoms with van der Waals surface area (Å²) in [6.07, 6.45) is 1.36. The van der Waals surface area contributed by atoms with Gasteiger partial charge < -0.3 is 19.7 Å². The van der Waals surface area contributed by atoms with Gasteiger partial charge in [0.15, 0.2) is 6.29 Å². The topological polar surface area (TPSA) is 93.1 Å². The maximum atomic E-state index is 12.0. The largest absolute Gasteiger partial charge is 0.489 e. The number of ether oxygens (including phenoxy) is 2. The molecule has 2 atom stereocenters. The van der Waals surface area contributed by atoms with E-state index in [4.69, 9.17) is 9.47 Å². The number of carboxylic acid groups (broad SMARTS) is 1. The van der Waals surface area contributed by atoms with E-state index < -0.39 is 5.97 Å². The van der Waals surface area contributed by atoms with Gasteiger partial charge in [0, 0.05) is 24.2 Å². The Bertz CT molecular complexity index is 1410. The van der Waals surface area contributed by atoms with E-state index in [1.807, 2.05) is 66.7 Å². The number of rotatable bonds is 7. The standard InChI is InChI=1S/C30H26O6/c31-17-27-26(30(33)34)15-22-14-24(9-10-25(22)29(27)20-6-2-1-3-7-20)36-18-19-5-4-8-21(13-19)28-16-23(32)11-12-35-28/h1-10,13-15,17,23,28,32H,11-12,16,18H2,(H,33,34). The van der Waals surface area contributed by atoms with Gasteiger partial charge in [0.2, 0.25) is 0 Å². The first kappa shape index (κ1) is 23.7. The Morgan fingerprint density at radius 1 is 1.03 bits per heavy atom. The summed E-state index contributed by atoms with van der Waals surface area (Å²) in [5.41, 5.74) is 3.44. The zero-order valence-electron chi connectivity index (χ0n) is 19.6. The first-order chi connectivity index (χ1) is 17.5. The van der Waals surface area contributed by atoms with E-state index in [-0.39, 0.29) is 23.3 Å². The molecule has 5 rings (SSSR count). The number of benzene rings is 4. The highest BCUT2D eigenvalue weighted by Gasteiger charge is 2.22. The van der Waals surface area contributed by atoms with Crippen LogP contribution in [0.1, 0.15) is 50.8 Å². The number of carboxylic acids is 1. The smallest absolute Gasteiger partial charge is 0.336 e. The monoisotopic (exact) mass is 482 g/mol. The minimum Gasteiger partial charge on any atom is -0.489 e. The molecule has 4 aromatic carbocycles. The Balaban J connectivity index is 1.45. The molecule has 1 aliphatic heterocycles. The molecule has 182 valence electrons. The summed E-state index contributed by atoms with van der Waals surface area (Å²) in [4.78, 5) is 23.9. The van der Waals surface area contributed by atoms with Crippen LogP contribution in [-0.4, -0.2) is 35.2 Å². The molecule has 1 aliphatic rings. The Morgan fingerprint density at radius 2 is 1.86 bits per heavy atom. The van der Waals surface area contributed by atoms with Gasteiger partial charge in [-0.3, -0.25) is 4.79 Å². The summed E-state index contributed by atoms with van der Waals surface area (Å²) in [6.45, 7) is 0.858. The number of aliphatic hydroxyl groups is 1. The highest BCUT2D eigenvalue weighted by Crippen LogP contribution is 2.36. The molecule has 2 N–H and O–H groups in total. The molecule has 0 bridgehead atoms. The van der Waals surface area contributed by atoms with E-state index in [0.29, 0.717) is 49.0 Å². The van der Waals surface area contributed by atoms with Crippen molar-refractivity contribution in [3.63, 3.8) is 0 Å². The Kier molecular flexibility index (Phi) is 6.80. The lowest BCUT2D eigenvalue weighted by Gasteiger charge is -2.27. The van der Waals surface area contributed by atoms with Gasteiger partial charge in [0.25, 0.3) is 0 Å². The number of hydrogen-bond donors (Lipinski definition) is 2. The normalized spacial score (nSPS) is 17.6. The molecule has 4 aromatic rings. The molecule has 6 heteroatoms. The van der Waals surface area contributed by atoms with Crippen molar-refractivity contribution < 1.29 is 29.3 Å². The van der Waals surface area contributed by atoms with Crippen molar-refractivity contribution in [1.82, 2.24) is 0 Å². The molecule has 1 saturated heterocycles. The molecule has 0 aromatic heterocycles. The second-order valence-electron chi connectivity index (χ2n) is 8.96. The fourth-order valence-corrected chi connectivity index (χ4v) is 4.77. The maximum absolute atomic E-state index is 12.0. The second kappa shape index (κ2) is 10.3. The molecule has 0 spiro atoms. The second-order valence-corrected chi connectivity index (χ2v) is 8.96. The number of aldehydes is 1. The van der Waals surface area contributed by atoms with Crippen LogP contribution in [0.4, 0.5) is 0 Å². The van der Waals surface area contributed by atoms with Gasteiger partial charge in [0.05, 0.1) is 17.8 Å². The number of aromatic carboxylic acids is 1. The van der Waals surface area contributed by atoms with E-state index in [1.54, 1.807) is 6.07 Å². The summed E-state index contributed by atoms with van der Waals surface area (Å²) >= 11 is 0. The third-order valence-electron chi connectivity index (χ3n) is 6.55. The summed E-state index contributed by atoms with van der Waals surface area (Å²) in [6, 6.07) is 24.2. The molecule has 0 aliphatic carbocycles. The number of fused-ring (bicyclic) bond motifs is 1. The molecule has 6 nitrogen and oxygen atoms in total. The van der Waals surface area contributed by atoms with Gasteiger partial charge in [-0.15, -0.1) is 0 Å². The fourth-order valence-electron chi connectivity index (χ4n) is 4.77. The molecule has 2 unspecified atom stereocenters. The minimum atomic E-state index is -1.16. The van der Waals surface area contributed by atoms with Crippen molar-refractivity contribution >= 4 is 23.0 Å². The van der Waals surface area contributed by atoms with Crippen molar-refractivity contribution in [1.29, 1.82) is 0 Å². The van der Waals surface area contributed by atoms with Crippen LogP contribution in [0.5, 0.6) is 5.75 Å². The lowest BCUT2D eigenvalue weighted by atomic mass is 9.90. The summed E-state index contributed by atoms with van der Waals surface area (Å²) in [5.74, 6) is -0.569. The Hall–Kier alpha value is -4.00.